The Balaban J connectivity index is 3.21. The smallest absolute Gasteiger partial charge is 0.466 e. The summed E-state index contributed by atoms with van der Waals surface area (Å²) in [6.07, 6.45) is -4.04. The Morgan fingerprint density at radius 1 is 1.50 bits per heavy atom. The molecule has 0 atom stereocenters. The van der Waals surface area contributed by atoms with E-state index >= 15 is 0 Å². The predicted octanol–water partition coefficient (Wildman–Crippen LogP) is 2.15. The molecule has 9 heteroatoms. The summed E-state index contributed by atoms with van der Waals surface area (Å²) in [6.45, 7) is 1.62. The molecular weight excluding hydrogens is 392 g/mol. The van der Waals surface area contributed by atoms with E-state index in [-0.39, 0.29) is 34.4 Å². The van der Waals surface area contributed by atoms with Crippen molar-refractivity contribution >= 4 is 28.6 Å². The molecule has 112 valence electrons. The number of carbonyl (C=O) groups excluding carboxylic acids is 1. The van der Waals surface area contributed by atoms with Gasteiger partial charge >= 0.3 is 12.3 Å². The molecule has 0 saturated heterocycles. The molecule has 1 rings (SSSR count). The minimum Gasteiger partial charge on any atom is -0.466 e. The Hall–Kier alpha value is -1.10. The molecule has 0 radical (unpaired) electrons. The second kappa shape index (κ2) is 7.07. The lowest BCUT2D eigenvalue weighted by Crippen LogP contribution is -2.21. The lowest BCUT2D eigenvalue weighted by atomic mass is 10.1. The van der Waals surface area contributed by atoms with Crippen molar-refractivity contribution in [2.45, 2.75) is 26.3 Å². The molecule has 0 aromatic carbocycles. The zero-order valence-corrected chi connectivity index (χ0v) is 12.6. The summed E-state index contributed by atoms with van der Waals surface area (Å²) in [5.41, 5.74) is 5.59. The van der Waals surface area contributed by atoms with Crippen molar-refractivity contribution in [1.82, 2.24) is 4.98 Å². The molecule has 0 amide bonds. The van der Waals surface area contributed by atoms with Crippen molar-refractivity contribution in [3.05, 3.63) is 21.0 Å². The van der Waals surface area contributed by atoms with Gasteiger partial charge < -0.3 is 15.2 Å². The van der Waals surface area contributed by atoms with Crippen LogP contribution in [-0.4, -0.2) is 23.9 Å². The van der Waals surface area contributed by atoms with Gasteiger partial charge in [0.15, 0.2) is 0 Å². The fourth-order valence-corrected chi connectivity index (χ4v) is 2.06. The standard InChI is InChI=1S/C11H12F3IN2O3/c1-2-19-9(18)3-6-8(4-16)17-5-7(15)10(6)20-11(12,13)14/h5H,2-4,16H2,1H3. The van der Waals surface area contributed by atoms with E-state index in [9.17, 15) is 18.0 Å². The van der Waals surface area contributed by atoms with Crippen molar-refractivity contribution in [2.24, 2.45) is 5.73 Å². The van der Waals surface area contributed by atoms with Crippen molar-refractivity contribution in [3.8, 4) is 5.75 Å². The topological polar surface area (TPSA) is 74.4 Å². The molecule has 0 aliphatic carbocycles. The van der Waals surface area contributed by atoms with Crippen LogP contribution < -0.4 is 10.5 Å². The van der Waals surface area contributed by atoms with Crippen molar-refractivity contribution in [3.63, 3.8) is 0 Å². The molecule has 0 saturated carbocycles. The summed E-state index contributed by atoms with van der Waals surface area (Å²) in [4.78, 5) is 15.4. The Bertz CT molecular complexity index is 495. The van der Waals surface area contributed by atoms with E-state index < -0.39 is 18.1 Å². The maximum Gasteiger partial charge on any atom is 0.573 e. The number of hydrogen-bond acceptors (Lipinski definition) is 5. The fourth-order valence-electron chi connectivity index (χ4n) is 1.49. The number of halogens is 4. The van der Waals surface area contributed by atoms with Crippen LogP contribution in [0.4, 0.5) is 13.2 Å². The van der Waals surface area contributed by atoms with Crippen LogP contribution in [0.1, 0.15) is 18.2 Å². The molecule has 0 unspecified atom stereocenters. The quantitative estimate of drug-likeness (QED) is 0.602. The van der Waals surface area contributed by atoms with E-state index in [1.807, 2.05) is 0 Å². The third-order valence-electron chi connectivity index (χ3n) is 2.21. The number of hydrogen-bond donors (Lipinski definition) is 1. The second-order valence-electron chi connectivity index (χ2n) is 3.59. The number of nitrogens with zero attached hydrogens (tertiary/aromatic N) is 1. The van der Waals surface area contributed by atoms with Crippen LogP contribution in [0, 0.1) is 3.57 Å². The maximum atomic E-state index is 12.4. The summed E-state index contributed by atoms with van der Waals surface area (Å²) in [5, 5.41) is 0. The van der Waals surface area contributed by atoms with Gasteiger partial charge in [0.05, 0.1) is 22.3 Å². The van der Waals surface area contributed by atoms with Gasteiger partial charge in [0, 0.05) is 18.3 Å². The van der Waals surface area contributed by atoms with Gasteiger partial charge in [-0.1, -0.05) is 0 Å². The monoisotopic (exact) mass is 404 g/mol. The van der Waals surface area contributed by atoms with E-state index in [1.165, 1.54) is 6.20 Å². The number of nitrogens with two attached hydrogens (primary N) is 1. The molecular formula is C11H12F3IN2O3. The zero-order chi connectivity index (χ0) is 15.3. The Morgan fingerprint density at radius 2 is 2.15 bits per heavy atom. The maximum absolute atomic E-state index is 12.4. The van der Waals surface area contributed by atoms with Gasteiger partial charge in [-0.05, 0) is 29.5 Å². The minimum atomic E-state index is -4.86. The highest BCUT2D eigenvalue weighted by Gasteiger charge is 2.34. The lowest BCUT2D eigenvalue weighted by molar-refractivity contribution is -0.275. The number of pyridine rings is 1. The average molecular weight is 404 g/mol. The summed E-state index contributed by atoms with van der Waals surface area (Å²) in [6, 6.07) is 0. The van der Waals surface area contributed by atoms with Crippen LogP contribution in [0.25, 0.3) is 0 Å². The highest BCUT2D eigenvalue weighted by Crippen LogP contribution is 2.32. The number of esters is 1. The van der Waals surface area contributed by atoms with Crippen molar-refractivity contribution in [1.29, 1.82) is 0 Å². The van der Waals surface area contributed by atoms with Crippen LogP contribution >= 0.6 is 22.6 Å². The number of ether oxygens (including phenoxy) is 2. The number of rotatable bonds is 5. The normalized spacial score (nSPS) is 11.3. The summed E-state index contributed by atoms with van der Waals surface area (Å²) >= 11 is 1.65. The van der Waals surface area contributed by atoms with E-state index in [1.54, 1.807) is 29.5 Å². The van der Waals surface area contributed by atoms with Gasteiger partial charge in [0.1, 0.15) is 5.75 Å². The molecule has 1 aromatic heterocycles. The predicted molar refractivity (Wildman–Crippen MR) is 71.9 cm³/mol. The molecule has 0 spiro atoms. The van der Waals surface area contributed by atoms with Gasteiger partial charge in [0.2, 0.25) is 0 Å². The molecule has 0 bridgehead atoms. The summed E-state index contributed by atoms with van der Waals surface area (Å²) < 4.78 is 46.1. The molecule has 2 N–H and O–H groups in total. The first-order valence-corrected chi connectivity index (χ1v) is 6.64. The minimum absolute atomic E-state index is 0.00447. The first-order chi connectivity index (χ1) is 9.28. The van der Waals surface area contributed by atoms with Crippen molar-refractivity contribution in [2.75, 3.05) is 6.61 Å². The summed E-state index contributed by atoms with van der Waals surface area (Å²) in [5.74, 6) is -1.13. The van der Waals surface area contributed by atoms with Gasteiger partial charge in [-0.3, -0.25) is 9.78 Å². The van der Waals surface area contributed by atoms with Crippen LogP contribution in [0.15, 0.2) is 6.20 Å². The van der Waals surface area contributed by atoms with E-state index in [2.05, 4.69) is 9.72 Å². The van der Waals surface area contributed by atoms with E-state index in [0.717, 1.165) is 0 Å². The molecule has 1 aromatic rings. The fraction of sp³-hybridized carbons (Fsp3) is 0.455. The van der Waals surface area contributed by atoms with E-state index in [0.29, 0.717) is 0 Å². The molecule has 0 aliphatic heterocycles. The second-order valence-corrected chi connectivity index (χ2v) is 4.76. The van der Waals surface area contributed by atoms with Crippen molar-refractivity contribution < 1.29 is 27.4 Å². The average Bonchev–Trinajstić information content (AvgIpc) is 2.33. The third-order valence-corrected chi connectivity index (χ3v) is 2.98. The molecule has 1 heterocycles. The first kappa shape index (κ1) is 17.0. The highest BCUT2D eigenvalue weighted by molar-refractivity contribution is 14.1. The Kier molecular flexibility index (Phi) is 5.99. The van der Waals surface area contributed by atoms with Crippen LogP contribution in [0.3, 0.4) is 0 Å². The lowest BCUT2D eigenvalue weighted by Gasteiger charge is -2.16. The number of alkyl halides is 3. The zero-order valence-electron chi connectivity index (χ0n) is 10.5. The first-order valence-electron chi connectivity index (χ1n) is 5.56. The van der Waals surface area contributed by atoms with Gasteiger partial charge in [0.25, 0.3) is 0 Å². The molecule has 0 aliphatic rings. The Morgan fingerprint density at radius 3 is 2.65 bits per heavy atom. The molecule has 5 nitrogen and oxygen atoms in total. The highest BCUT2D eigenvalue weighted by atomic mass is 127. The largest absolute Gasteiger partial charge is 0.573 e. The summed E-state index contributed by atoms with van der Waals surface area (Å²) in [7, 11) is 0. The molecule has 0 fully saturated rings. The Labute approximate surface area is 126 Å². The SMILES string of the molecule is CCOC(=O)Cc1c(CN)ncc(I)c1OC(F)(F)F. The van der Waals surface area contributed by atoms with Gasteiger partial charge in [-0.2, -0.15) is 0 Å². The van der Waals surface area contributed by atoms with E-state index in [4.69, 9.17) is 10.5 Å². The third kappa shape index (κ3) is 4.78. The number of aromatic nitrogens is 1. The van der Waals surface area contributed by atoms with Crippen LogP contribution in [0.2, 0.25) is 0 Å². The van der Waals surface area contributed by atoms with Gasteiger partial charge in [-0.15, -0.1) is 13.2 Å². The van der Waals surface area contributed by atoms with Crippen LogP contribution in [0.5, 0.6) is 5.75 Å². The van der Waals surface area contributed by atoms with Crippen LogP contribution in [-0.2, 0) is 22.5 Å². The van der Waals surface area contributed by atoms with Gasteiger partial charge in [-0.25, -0.2) is 0 Å². The molecule has 20 heavy (non-hydrogen) atoms. The number of carbonyl (C=O) groups is 1.